The lowest BCUT2D eigenvalue weighted by atomic mass is 10.1. The lowest BCUT2D eigenvalue weighted by molar-refractivity contribution is -0.160. The zero-order chi connectivity index (χ0) is 20.4. The number of ether oxygens (including phenoxy) is 2. The van der Waals surface area contributed by atoms with E-state index in [1.165, 1.54) is 0 Å². The summed E-state index contributed by atoms with van der Waals surface area (Å²) >= 11 is 0. The van der Waals surface area contributed by atoms with Crippen LogP contribution in [0.25, 0.3) is 0 Å². The van der Waals surface area contributed by atoms with Gasteiger partial charge < -0.3 is 20.5 Å². The van der Waals surface area contributed by atoms with Gasteiger partial charge in [-0.2, -0.15) is 0 Å². The SMILES string of the molecule is CC(C)(C)OC(=O)CC[C@H](NC(=O)CCCCCN)C(=O)OC(C)(C)C. The molecule has 1 atom stereocenters. The van der Waals surface area contributed by atoms with Gasteiger partial charge in [-0.15, -0.1) is 0 Å². The number of nitrogens with one attached hydrogen (secondary N) is 1. The van der Waals surface area contributed by atoms with Gasteiger partial charge in [0.1, 0.15) is 17.2 Å². The monoisotopic (exact) mass is 372 g/mol. The molecule has 26 heavy (non-hydrogen) atoms. The van der Waals surface area contributed by atoms with E-state index in [0.717, 1.165) is 12.8 Å². The Balaban J connectivity index is 4.72. The molecule has 0 aromatic rings. The third-order valence-corrected chi connectivity index (χ3v) is 3.19. The number of hydrogen-bond acceptors (Lipinski definition) is 6. The fraction of sp³-hybridized carbons (Fsp3) is 0.842. The summed E-state index contributed by atoms with van der Waals surface area (Å²) < 4.78 is 10.6. The highest BCUT2D eigenvalue weighted by atomic mass is 16.6. The van der Waals surface area contributed by atoms with E-state index in [1.807, 2.05) is 0 Å². The Morgan fingerprint density at radius 3 is 1.96 bits per heavy atom. The van der Waals surface area contributed by atoms with Crippen molar-refractivity contribution in [1.29, 1.82) is 0 Å². The van der Waals surface area contributed by atoms with Crippen LogP contribution in [0.3, 0.4) is 0 Å². The first kappa shape index (κ1) is 24.4. The summed E-state index contributed by atoms with van der Waals surface area (Å²) in [6.45, 7) is 11.2. The van der Waals surface area contributed by atoms with Gasteiger partial charge in [-0.1, -0.05) is 6.42 Å². The highest BCUT2D eigenvalue weighted by Gasteiger charge is 2.28. The van der Waals surface area contributed by atoms with E-state index in [-0.39, 0.29) is 18.7 Å². The molecule has 0 bridgehead atoms. The van der Waals surface area contributed by atoms with Crippen molar-refractivity contribution < 1.29 is 23.9 Å². The van der Waals surface area contributed by atoms with Gasteiger partial charge in [0.05, 0.1) is 0 Å². The summed E-state index contributed by atoms with van der Waals surface area (Å²) in [6, 6.07) is -0.872. The molecule has 0 aromatic heterocycles. The van der Waals surface area contributed by atoms with E-state index in [9.17, 15) is 14.4 Å². The number of amides is 1. The zero-order valence-electron chi connectivity index (χ0n) is 17.1. The molecule has 0 fully saturated rings. The van der Waals surface area contributed by atoms with Gasteiger partial charge in [-0.3, -0.25) is 9.59 Å². The topological polar surface area (TPSA) is 108 Å². The van der Waals surface area contributed by atoms with Crippen LogP contribution >= 0.6 is 0 Å². The number of esters is 2. The van der Waals surface area contributed by atoms with Gasteiger partial charge in [0.15, 0.2) is 0 Å². The molecule has 3 N–H and O–H groups in total. The zero-order valence-corrected chi connectivity index (χ0v) is 17.1. The molecule has 0 saturated heterocycles. The average molecular weight is 373 g/mol. The Morgan fingerprint density at radius 2 is 1.46 bits per heavy atom. The maximum Gasteiger partial charge on any atom is 0.329 e. The lowest BCUT2D eigenvalue weighted by Gasteiger charge is -2.25. The van der Waals surface area contributed by atoms with Crippen LogP contribution in [-0.2, 0) is 23.9 Å². The fourth-order valence-electron chi connectivity index (χ4n) is 2.15. The molecule has 1 amide bonds. The van der Waals surface area contributed by atoms with Crippen LogP contribution < -0.4 is 11.1 Å². The fourth-order valence-corrected chi connectivity index (χ4v) is 2.15. The number of unbranched alkanes of at least 4 members (excludes halogenated alkanes) is 2. The molecule has 0 aliphatic heterocycles. The second kappa shape index (κ2) is 11.2. The van der Waals surface area contributed by atoms with E-state index in [1.54, 1.807) is 41.5 Å². The molecular weight excluding hydrogens is 336 g/mol. The summed E-state index contributed by atoms with van der Waals surface area (Å²) in [5.74, 6) is -1.19. The number of hydrogen-bond donors (Lipinski definition) is 2. The Kier molecular flexibility index (Phi) is 10.5. The number of carbonyl (C=O) groups excluding carboxylic acids is 3. The van der Waals surface area contributed by atoms with Crippen LogP contribution in [0.4, 0.5) is 0 Å². The van der Waals surface area contributed by atoms with Crippen LogP contribution in [0, 0.1) is 0 Å². The molecule has 0 radical (unpaired) electrons. The minimum atomic E-state index is -0.872. The quantitative estimate of drug-likeness (QED) is 0.450. The van der Waals surface area contributed by atoms with Crippen LogP contribution in [0.5, 0.6) is 0 Å². The van der Waals surface area contributed by atoms with Gasteiger partial charge >= 0.3 is 11.9 Å². The maximum atomic E-state index is 12.4. The van der Waals surface area contributed by atoms with Crippen molar-refractivity contribution in [3.05, 3.63) is 0 Å². The van der Waals surface area contributed by atoms with Gasteiger partial charge in [-0.05, 0) is 67.3 Å². The predicted octanol–water partition coefficient (Wildman–Crippen LogP) is 2.45. The van der Waals surface area contributed by atoms with E-state index < -0.39 is 29.2 Å². The molecule has 0 rings (SSSR count). The highest BCUT2D eigenvalue weighted by Crippen LogP contribution is 2.14. The first-order valence-electron chi connectivity index (χ1n) is 9.28. The van der Waals surface area contributed by atoms with E-state index in [0.29, 0.717) is 19.4 Å². The molecule has 0 spiro atoms. The van der Waals surface area contributed by atoms with Gasteiger partial charge in [0, 0.05) is 12.8 Å². The van der Waals surface area contributed by atoms with Crippen molar-refractivity contribution in [3.8, 4) is 0 Å². The Labute approximate surface area is 157 Å². The van der Waals surface area contributed by atoms with Crippen LogP contribution in [0.2, 0.25) is 0 Å². The third kappa shape index (κ3) is 13.6. The van der Waals surface area contributed by atoms with Gasteiger partial charge in [0.25, 0.3) is 0 Å². The van der Waals surface area contributed by atoms with E-state index in [4.69, 9.17) is 15.2 Å². The summed E-state index contributed by atoms with van der Waals surface area (Å²) in [7, 11) is 0. The predicted molar refractivity (Wildman–Crippen MR) is 100 cm³/mol. The molecule has 0 heterocycles. The second-order valence-corrected chi connectivity index (χ2v) is 8.38. The Morgan fingerprint density at radius 1 is 0.885 bits per heavy atom. The maximum absolute atomic E-state index is 12.4. The minimum Gasteiger partial charge on any atom is -0.460 e. The molecule has 7 nitrogen and oxygen atoms in total. The molecule has 7 heteroatoms. The largest absolute Gasteiger partial charge is 0.460 e. The number of carbonyl (C=O) groups is 3. The second-order valence-electron chi connectivity index (χ2n) is 8.38. The summed E-state index contributed by atoms with van der Waals surface area (Å²) in [5, 5.41) is 2.68. The van der Waals surface area contributed by atoms with Crippen LogP contribution in [-0.4, -0.2) is 41.6 Å². The Bertz CT molecular complexity index is 464. The smallest absolute Gasteiger partial charge is 0.329 e. The number of rotatable bonds is 10. The molecule has 0 aliphatic rings. The van der Waals surface area contributed by atoms with Crippen molar-refractivity contribution in [2.45, 2.75) is 97.3 Å². The minimum absolute atomic E-state index is 0.0225. The van der Waals surface area contributed by atoms with Crippen LogP contribution in [0.1, 0.15) is 80.1 Å². The summed E-state index contributed by atoms with van der Waals surface area (Å²) in [5.41, 5.74) is 4.16. The highest BCUT2D eigenvalue weighted by molar-refractivity contribution is 5.85. The van der Waals surface area contributed by atoms with Crippen LogP contribution in [0.15, 0.2) is 0 Å². The van der Waals surface area contributed by atoms with Crippen molar-refractivity contribution in [3.63, 3.8) is 0 Å². The average Bonchev–Trinajstić information content (AvgIpc) is 2.44. The molecule has 0 saturated carbocycles. The molecule has 152 valence electrons. The Hall–Kier alpha value is -1.63. The lowest BCUT2D eigenvalue weighted by Crippen LogP contribution is -2.44. The standard InChI is InChI=1S/C19H36N2O5/c1-18(2,3)25-16(23)12-11-14(17(24)26-19(4,5)6)21-15(22)10-8-7-9-13-20/h14H,7-13,20H2,1-6H3,(H,21,22)/t14-/m0/s1. The molecule has 0 aliphatic carbocycles. The van der Waals surface area contributed by atoms with Gasteiger partial charge in [0.2, 0.25) is 5.91 Å². The molecular formula is C19H36N2O5. The first-order valence-corrected chi connectivity index (χ1v) is 9.28. The van der Waals surface area contributed by atoms with E-state index in [2.05, 4.69) is 5.32 Å². The summed E-state index contributed by atoms with van der Waals surface area (Å²) in [4.78, 5) is 36.4. The van der Waals surface area contributed by atoms with Crippen molar-refractivity contribution in [2.24, 2.45) is 5.73 Å². The number of nitrogens with two attached hydrogens (primary N) is 1. The molecule has 0 unspecified atom stereocenters. The van der Waals surface area contributed by atoms with Crippen molar-refractivity contribution >= 4 is 17.8 Å². The van der Waals surface area contributed by atoms with Crippen molar-refractivity contribution in [1.82, 2.24) is 5.32 Å². The van der Waals surface area contributed by atoms with Crippen molar-refractivity contribution in [2.75, 3.05) is 6.54 Å². The third-order valence-electron chi connectivity index (χ3n) is 3.19. The van der Waals surface area contributed by atoms with Gasteiger partial charge in [-0.25, -0.2) is 4.79 Å². The summed E-state index contributed by atoms with van der Waals surface area (Å²) in [6.07, 6.45) is 2.90. The first-order chi connectivity index (χ1) is 11.8. The normalized spacial score (nSPS) is 13.0. The van der Waals surface area contributed by atoms with E-state index >= 15 is 0 Å². The molecule has 0 aromatic carbocycles.